The minimum Gasteiger partial charge on any atom is -0.367 e. The lowest BCUT2D eigenvalue weighted by Crippen LogP contribution is -2.34. The molecule has 0 amide bonds. The molecule has 0 unspecified atom stereocenters. The van der Waals surface area contributed by atoms with Crippen molar-refractivity contribution in [3.8, 4) is 5.69 Å². The van der Waals surface area contributed by atoms with Crippen LogP contribution in [0.1, 0.15) is 18.1 Å². The number of aromatic nitrogens is 4. The summed E-state index contributed by atoms with van der Waals surface area (Å²) in [6.07, 6.45) is 1.11. The Morgan fingerprint density at radius 3 is 2.76 bits per heavy atom. The van der Waals surface area contributed by atoms with Crippen LogP contribution >= 0.6 is 0 Å². The van der Waals surface area contributed by atoms with Gasteiger partial charge in [0.2, 0.25) is 5.95 Å². The summed E-state index contributed by atoms with van der Waals surface area (Å²) in [6.45, 7) is 6.04. The summed E-state index contributed by atoms with van der Waals surface area (Å²) in [4.78, 5) is 2.45. The third-order valence-corrected chi connectivity index (χ3v) is 4.73. The molecule has 0 saturated heterocycles. The van der Waals surface area contributed by atoms with Gasteiger partial charge in [0.15, 0.2) is 0 Å². The second kappa shape index (κ2) is 6.55. The van der Waals surface area contributed by atoms with Crippen LogP contribution in [0.4, 0.5) is 11.6 Å². The first-order chi connectivity index (χ1) is 12.2. The molecule has 1 aromatic heterocycles. The first-order valence-electron chi connectivity index (χ1n) is 8.66. The smallest absolute Gasteiger partial charge is 0.247 e. The van der Waals surface area contributed by atoms with E-state index in [1.165, 1.54) is 16.8 Å². The van der Waals surface area contributed by atoms with Crippen molar-refractivity contribution in [2.24, 2.45) is 0 Å². The summed E-state index contributed by atoms with van der Waals surface area (Å²) in [5.41, 5.74) is 4.94. The molecule has 1 N–H and O–H groups in total. The first-order valence-corrected chi connectivity index (χ1v) is 8.66. The van der Waals surface area contributed by atoms with Crippen molar-refractivity contribution >= 4 is 11.6 Å². The average Bonchev–Trinajstić information content (AvgIpc) is 3.20. The Hall–Kier alpha value is -2.89. The lowest BCUT2D eigenvalue weighted by molar-refractivity contribution is 0.679. The molecule has 6 nitrogen and oxygen atoms in total. The Balaban J connectivity index is 1.43. The lowest BCUT2D eigenvalue weighted by Gasteiger charge is -2.25. The monoisotopic (exact) mass is 334 g/mol. The van der Waals surface area contributed by atoms with Gasteiger partial charge < -0.3 is 10.2 Å². The molecule has 25 heavy (non-hydrogen) atoms. The summed E-state index contributed by atoms with van der Waals surface area (Å²) < 4.78 is 1.74. The first kappa shape index (κ1) is 15.6. The summed E-state index contributed by atoms with van der Waals surface area (Å²) in [5, 5.41) is 15.4. The normalized spacial score (nSPS) is 16.1. The van der Waals surface area contributed by atoms with Gasteiger partial charge in [-0.25, -0.2) is 0 Å². The number of benzene rings is 2. The molecule has 1 aliphatic rings. The fourth-order valence-electron chi connectivity index (χ4n) is 3.42. The Morgan fingerprint density at radius 2 is 1.92 bits per heavy atom. The number of tetrazole rings is 1. The van der Waals surface area contributed by atoms with Crippen LogP contribution in [0.15, 0.2) is 48.5 Å². The van der Waals surface area contributed by atoms with E-state index in [4.69, 9.17) is 0 Å². The number of aryl methyl sites for hydroxylation is 1. The van der Waals surface area contributed by atoms with Gasteiger partial charge in [0.25, 0.3) is 0 Å². The van der Waals surface area contributed by atoms with Crippen molar-refractivity contribution in [1.82, 2.24) is 20.2 Å². The molecule has 0 aliphatic carbocycles. The van der Waals surface area contributed by atoms with Gasteiger partial charge in [-0.3, -0.25) is 0 Å². The van der Waals surface area contributed by atoms with Gasteiger partial charge in [0, 0.05) is 24.8 Å². The molecule has 0 radical (unpaired) electrons. The van der Waals surface area contributed by atoms with Crippen molar-refractivity contribution in [2.75, 3.05) is 23.3 Å². The van der Waals surface area contributed by atoms with E-state index in [0.717, 1.165) is 25.2 Å². The minimum atomic E-state index is 0.521. The second-order valence-electron chi connectivity index (χ2n) is 6.55. The molecule has 6 heteroatoms. The van der Waals surface area contributed by atoms with Crippen molar-refractivity contribution in [3.05, 3.63) is 59.7 Å². The maximum absolute atomic E-state index is 4.11. The summed E-state index contributed by atoms with van der Waals surface area (Å²) >= 11 is 0. The number of fused-ring (bicyclic) bond motifs is 1. The van der Waals surface area contributed by atoms with Gasteiger partial charge in [-0.05, 0) is 54.5 Å². The largest absolute Gasteiger partial charge is 0.367 e. The predicted molar refractivity (Wildman–Crippen MR) is 99.3 cm³/mol. The van der Waals surface area contributed by atoms with Crippen molar-refractivity contribution in [2.45, 2.75) is 26.3 Å². The van der Waals surface area contributed by atoms with E-state index in [1.54, 1.807) is 4.68 Å². The second-order valence-corrected chi connectivity index (χ2v) is 6.55. The fraction of sp³-hybridized carbons (Fsp3) is 0.316. The minimum absolute atomic E-state index is 0.521. The van der Waals surface area contributed by atoms with E-state index in [1.807, 2.05) is 12.1 Å². The number of para-hydroxylation sites is 1. The van der Waals surface area contributed by atoms with E-state index >= 15 is 0 Å². The molecule has 2 aromatic carbocycles. The zero-order valence-corrected chi connectivity index (χ0v) is 14.6. The van der Waals surface area contributed by atoms with E-state index < -0.39 is 0 Å². The number of rotatable bonds is 5. The van der Waals surface area contributed by atoms with Crippen molar-refractivity contribution in [3.63, 3.8) is 0 Å². The number of anilines is 2. The van der Waals surface area contributed by atoms with Gasteiger partial charge in [-0.15, -0.1) is 0 Å². The van der Waals surface area contributed by atoms with Crippen LogP contribution in [0.3, 0.4) is 0 Å². The molecular weight excluding hydrogens is 312 g/mol. The van der Waals surface area contributed by atoms with Crippen LogP contribution < -0.4 is 10.2 Å². The Kier molecular flexibility index (Phi) is 4.09. The number of hydrogen-bond donors (Lipinski definition) is 1. The van der Waals surface area contributed by atoms with Crippen LogP contribution in [0.2, 0.25) is 0 Å². The molecule has 0 bridgehead atoms. The maximum atomic E-state index is 4.11. The van der Waals surface area contributed by atoms with E-state index in [2.05, 4.69) is 76.0 Å². The van der Waals surface area contributed by atoms with Gasteiger partial charge in [0.1, 0.15) is 0 Å². The average molecular weight is 334 g/mol. The van der Waals surface area contributed by atoms with Gasteiger partial charge >= 0.3 is 0 Å². The molecule has 2 heterocycles. The Bertz CT molecular complexity index is 854. The van der Waals surface area contributed by atoms with Crippen LogP contribution in [0, 0.1) is 6.92 Å². The van der Waals surface area contributed by atoms with Crippen LogP contribution in [-0.4, -0.2) is 39.3 Å². The van der Waals surface area contributed by atoms with Gasteiger partial charge in [-0.2, -0.15) is 4.68 Å². The third kappa shape index (κ3) is 3.07. The third-order valence-electron chi connectivity index (χ3n) is 4.73. The molecule has 4 rings (SSSR count). The molecule has 0 saturated carbocycles. The van der Waals surface area contributed by atoms with E-state index in [-0.39, 0.29) is 0 Å². The van der Waals surface area contributed by atoms with Gasteiger partial charge in [-0.1, -0.05) is 41.0 Å². The Labute approximate surface area is 147 Å². The maximum Gasteiger partial charge on any atom is 0.247 e. The highest BCUT2D eigenvalue weighted by atomic mass is 15.6. The van der Waals surface area contributed by atoms with Crippen molar-refractivity contribution in [1.29, 1.82) is 0 Å². The molecular formula is C19H22N6. The summed E-state index contributed by atoms with van der Waals surface area (Å²) in [6, 6.07) is 17.3. The zero-order valence-electron chi connectivity index (χ0n) is 14.6. The van der Waals surface area contributed by atoms with Crippen LogP contribution in [0.25, 0.3) is 5.69 Å². The number of nitrogens with zero attached hydrogens (tertiary/aromatic N) is 5. The molecule has 0 fully saturated rings. The molecule has 3 aromatic rings. The summed E-state index contributed by atoms with van der Waals surface area (Å²) in [5.74, 6) is 0.670. The topological polar surface area (TPSA) is 58.9 Å². The highest BCUT2D eigenvalue weighted by Gasteiger charge is 2.24. The van der Waals surface area contributed by atoms with Gasteiger partial charge in [0.05, 0.1) is 5.69 Å². The van der Waals surface area contributed by atoms with Crippen LogP contribution in [0.5, 0.6) is 0 Å². The fourth-order valence-corrected chi connectivity index (χ4v) is 3.42. The van der Waals surface area contributed by atoms with Crippen LogP contribution in [-0.2, 0) is 6.42 Å². The quantitative estimate of drug-likeness (QED) is 0.777. The van der Waals surface area contributed by atoms with E-state index in [9.17, 15) is 0 Å². The molecule has 0 spiro atoms. The SMILES string of the molecule is Cc1ccc(-n2nnnc2NCCN2c3ccccc3C[C@@H]2C)cc1. The number of nitrogens with one attached hydrogen (secondary N) is 1. The summed E-state index contributed by atoms with van der Waals surface area (Å²) in [7, 11) is 0. The predicted octanol–water partition coefficient (Wildman–Crippen LogP) is 2.83. The highest BCUT2D eigenvalue weighted by molar-refractivity contribution is 5.59. The molecule has 128 valence electrons. The number of hydrogen-bond acceptors (Lipinski definition) is 5. The molecule has 1 aliphatic heterocycles. The standard InChI is InChI=1S/C19H22N6/c1-14-7-9-17(10-8-14)25-19(21-22-23-25)20-11-12-24-15(2)13-16-5-3-4-6-18(16)24/h3-10,15H,11-13H2,1-2H3,(H,20,21,23)/t15-/m0/s1. The van der Waals surface area contributed by atoms with Crippen molar-refractivity contribution < 1.29 is 0 Å². The Morgan fingerprint density at radius 1 is 1.12 bits per heavy atom. The van der Waals surface area contributed by atoms with E-state index in [0.29, 0.717) is 12.0 Å². The highest BCUT2D eigenvalue weighted by Crippen LogP contribution is 2.31. The molecule has 1 atom stereocenters. The zero-order chi connectivity index (χ0) is 17.2. The lowest BCUT2D eigenvalue weighted by atomic mass is 10.1.